The number of benzene rings is 1. The molecule has 1 aromatic heterocycles. The first kappa shape index (κ1) is 15.7. The summed E-state index contributed by atoms with van der Waals surface area (Å²) in [4.78, 5) is 28.8. The van der Waals surface area contributed by atoms with Gasteiger partial charge in [0.05, 0.1) is 0 Å². The Balaban J connectivity index is 1.65. The summed E-state index contributed by atoms with van der Waals surface area (Å²) in [6.45, 7) is 1.58. The molecule has 0 unspecified atom stereocenters. The highest BCUT2D eigenvalue weighted by Gasteiger charge is 2.17. The van der Waals surface area contributed by atoms with E-state index in [4.69, 9.17) is 0 Å². The summed E-state index contributed by atoms with van der Waals surface area (Å²) in [6.07, 6.45) is 0.618. The zero-order valence-electron chi connectivity index (χ0n) is 12.7. The van der Waals surface area contributed by atoms with E-state index in [1.54, 1.807) is 0 Å². The van der Waals surface area contributed by atoms with Crippen molar-refractivity contribution in [3.63, 3.8) is 0 Å². The van der Waals surface area contributed by atoms with Crippen LogP contribution in [0.1, 0.15) is 12.1 Å². The van der Waals surface area contributed by atoms with Gasteiger partial charge in [0.25, 0.3) is 5.56 Å². The van der Waals surface area contributed by atoms with Crippen molar-refractivity contribution in [3.05, 3.63) is 46.4 Å². The van der Waals surface area contributed by atoms with Crippen molar-refractivity contribution in [2.45, 2.75) is 12.8 Å². The van der Waals surface area contributed by atoms with E-state index >= 15 is 0 Å². The molecule has 2 aromatic rings. The van der Waals surface area contributed by atoms with Crippen LogP contribution >= 0.6 is 11.8 Å². The lowest BCUT2D eigenvalue weighted by atomic mass is 10.2. The number of nitrogens with zero attached hydrogens (tertiary/aromatic N) is 3. The lowest BCUT2D eigenvalue weighted by Crippen LogP contribution is -2.38. The Labute approximate surface area is 138 Å². The molecule has 1 saturated heterocycles. The van der Waals surface area contributed by atoms with E-state index in [1.165, 1.54) is 0 Å². The molecule has 1 aromatic carbocycles. The lowest BCUT2D eigenvalue weighted by molar-refractivity contribution is -0.130. The van der Waals surface area contributed by atoms with Gasteiger partial charge in [0.2, 0.25) is 5.91 Å². The summed E-state index contributed by atoms with van der Waals surface area (Å²) in [5.74, 6) is 2.49. The minimum atomic E-state index is -0.277. The number of rotatable bonds is 4. The van der Waals surface area contributed by atoms with Gasteiger partial charge in [-0.2, -0.15) is 11.8 Å². The molecule has 0 aliphatic carbocycles. The van der Waals surface area contributed by atoms with E-state index < -0.39 is 0 Å². The zero-order valence-corrected chi connectivity index (χ0v) is 13.5. The fraction of sp³-hybridized carbons (Fsp3) is 0.375. The van der Waals surface area contributed by atoms with Crippen LogP contribution in [0.25, 0.3) is 11.4 Å². The normalized spacial score (nSPS) is 14.7. The lowest BCUT2D eigenvalue weighted by Gasteiger charge is -2.26. The minimum Gasteiger partial charge on any atom is -0.341 e. The molecule has 0 atom stereocenters. The van der Waals surface area contributed by atoms with E-state index in [2.05, 4.69) is 15.2 Å². The van der Waals surface area contributed by atoms with E-state index in [0.717, 1.165) is 30.2 Å². The van der Waals surface area contributed by atoms with Gasteiger partial charge in [-0.15, -0.1) is 10.2 Å². The van der Waals surface area contributed by atoms with Crippen molar-refractivity contribution < 1.29 is 4.79 Å². The number of thioether (sulfide) groups is 1. The molecule has 2 heterocycles. The van der Waals surface area contributed by atoms with Crippen molar-refractivity contribution in [1.29, 1.82) is 0 Å². The van der Waals surface area contributed by atoms with Crippen LogP contribution in [0.15, 0.2) is 35.1 Å². The van der Waals surface area contributed by atoms with Gasteiger partial charge in [0.1, 0.15) is 5.69 Å². The Hall–Kier alpha value is -2.15. The van der Waals surface area contributed by atoms with Gasteiger partial charge in [-0.05, 0) is 0 Å². The van der Waals surface area contributed by atoms with Crippen molar-refractivity contribution in [2.75, 3.05) is 24.6 Å². The molecule has 1 fully saturated rings. The average molecular weight is 330 g/mol. The largest absolute Gasteiger partial charge is 0.341 e. The standard InChI is InChI=1S/C16H18N4O2S/c21-14(20-8-10-23-11-9-20)7-6-13-16(22)17-15(19-18-13)12-4-2-1-3-5-12/h1-5H,6-11H2,(H,17,19,22). The fourth-order valence-electron chi connectivity index (χ4n) is 2.45. The van der Waals surface area contributed by atoms with Crippen LogP contribution in [-0.2, 0) is 11.2 Å². The third-order valence-corrected chi connectivity index (χ3v) is 4.69. The number of aryl methyl sites for hydroxylation is 1. The van der Waals surface area contributed by atoms with Crippen molar-refractivity contribution >= 4 is 17.7 Å². The molecule has 1 aliphatic rings. The number of amides is 1. The summed E-state index contributed by atoms with van der Waals surface area (Å²) in [7, 11) is 0. The molecular weight excluding hydrogens is 312 g/mol. The van der Waals surface area contributed by atoms with Crippen LogP contribution in [0.3, 0.4) is 0 Å². The maximum atomic E-state index is 12.1. The molecule has 0 spiro atoms. The first-order valence-corrected chi connectivity index (χ1v) is 8.76. The Morgan fingerprint density at radius 1 is 1.17 bits per heavy atom. The molecule has 1 N–H and O–H groups in total. The van der Waals surface area contributed by atoms with Crippen LogP contribution in [-0.4, -0.2) is 50.6 Å². The number of hydrogen-bond acceptors (Lipinski definition) is 5. The Kier molecular flexibility index (Phi) is 5.07. The van der Waals surface area contributed by atoms with Crippen LogP contribution in [0, 0.1) is 0 Å². The maximum absolute atomic E-state index is 12.1. The van der Waals surface area contributed by atoms with E-state index in [1.807, 2.05) is 47.0 Å². The van der Waals surface area contributed by atoms with Crippen molar-refractivity contribution in [1.82, 2.24) is 20.1 Å². The molecule has 0 bridgehead atoms. The second-order valence-electron chi connectivity index (χ2n) is 5.31. The fourth-order valence-corrected chi connectivity index (χ4v) is 3.35. The smallest absolute Gasteiger partial charge is 0.273 e. The van der Waals surface area contributed by atoms with Crippen LogP contribution < -0.4 is 5.56 Å². The first-order valence-electron chi connectivity index (χ1n) is 7.61. The maximum Gasteiger partial charge on any atom is 0.273 e. The third-order valence-electron chi connectivity index (χ3n) is 3.75. The predicted molar refractivity (Wildman–Crippen MR) is 90.3 cm³/mol. The number of hydrogen-bond donors (Lipinski definition) is 1. The molecule has 7 heteroatoms. The van der Waals surface area contributed by atoms with Gasteiger partial charge >= 0.3 is 0 Å². The number of H-pyrrole nitrogens is 1. The predicted octanol–water partition coefficient (Wildman–Crippen LogP) is 1.34. The summed E-state index contributed by atoms with van der Waals surface area (Å²) >= 11 is 1.86. The highest BCUT2D eigenvalue weighted by atomic mass is 32.2. The van der Waals surface area contributed by atoms with Gasteiger partial charge in [0.15, 0.2) is 5.82 Å². The monoisotopic (exact) mass is 330 g/mol. The summed E-state index contributed by atoms with van der Waals surface area (Å²) in [5.41, 5.74) is 0.843. The van der Waals surface area contributed by atoms with Gasteiger partial charge < -0.3 is 9.88 Å². The highest BCUT2D eigenvalue weighted by Crippen LogP contribution is 2.12. The molecule has 0 radical (unpaired) electrons. The van der Waals surface area contributed by atoms with Crippen molar-refractivity contribution in [3.8, 4) is 11.4 Å². The van der Waals surface area contributed by atoms with E-state index in [9.17, 15) is 9.59 Å². The van der Waals surface area contributed by atoms with Gasteiger partial charge in [-0.1, -0.05) is 30.3 Å². The number of nitrogens with one attached hydrogen (secondary N) is 1. The third kappa shape index (κ3) is 3.98. The van der Waals surface area contributed by atoms with Crippen LogP contribution in [0.4, 0.5) is 0 Å². The topological polar surface area (TPSA) is 79.0 Å². The Bertz CT molecular complexity index is 726. The molecule has 6 nitrogen and oxygen atoms in total. The average Bonchev–Trinajstić information content (AvgIpc) is 2.62. The number of aromatic nitrogens is 3. The summed E-state index contributed by atoms with van der Waals surface area (Å²) in [6, 6.07) is 9.36. The van der Waals surface area contributed by atoms with Gasteiger partial charge in [-0.3, -0.25) is 9.59 Å². The zero-order chi connectivity index (χ0) is 16.1. The quantitative estimate of drug-likeness (QED) is 0.915. The van der Waals surface area contributed by atoms with E-state index in [0.29, 0.717) is 24.4 Å². The number of aromatic amines is 1. The minimum absolute atomic E-state index is 0.0821. The molecule has 23 heavy (non-hydrogen) atoms. The summed E-state index contributed by atoms with van der Waals surface area (Å²) in [5, 5.41) is 8.07. The van der Waals surface area contributed by atoms with E-state index in [-0.39, 0.29) is 11.5 Å². The SMILES string of the molecule is O=C(CCc1nnc(-c2ccccc2)[nH]c1=O)N1CCSCC1. The van der Waals surface area contributed by atoms with Gasteiger partial charge in [-0.25, -0.2) is 0 Å². The Morgan fingerprint density at radius 3 is 2.61 bits per heavy atom. The Morgan fingerprint density at radius 2 is 1.91 bits per heavy atom. The second kappa shape index (κ2) is 7.41. The molecule has 120 valence electrons. The van der Waals surface area contributed by atoms with Crippen molar-refractivity contribution in [2.24, 2.45) is 0 Å². The number of carbonyl (C=O) groups is 1. The molecule has 3 rings (SSSR count). The summed E-state index contributed by atoms with van der Waals surface area (Å²) < 4.78 is 0. The van der Waals surface area contributed by atoms with Crippen LogP contribution in [0.5, 0.6) is 0 Å². The molecule has 1 amide bonds. The first-order chi connectivity index (χ1) is 11.2. The second-order valence-corrected chi connectivity index (χ2v) is 6.53. The van der Waals surface area contributed by atoms with Gasteiger partial charge in [0, 0.05) is 43.0 Å². The highest BCUT2D eigenvalue weighted by molar-refractivity contribution is 7.99. The van der Waals surface area contributed by atoms with Crippen LogP contribution in [0.2, 0.25) is 0 Å². The molecular formula is C16H18N4O2S. The molecule has 1 aliphatic heterocycles. The molecule has 0 saturated carbocycles. The number of carbonyl (C=O) groups excluding carboxylic acids is 1.